The molecule has 0 fully saturated rings. The first-order chi connectivity index (χ1) is 13.4. The topological polar surface area (TPSA) is 54.1 Å². The van der Waals surface area contributed by atoms with Crippen molar-refractivity contribution in [3.8, 4) is 5.75 Å². The quantitative estimate of drug-likeness (QED) is 0.617. The van der Waals surface area contributed by atoms with Crippen molar-refractivity contribution >= 4 is 40.0 Å². The molecule has 1 aromatic heterocycles. The van der Waals surface area contributed by atoms with E-state index in [4.69, 9.17) is 27.9 Å². The fourth-order valence-corrected chi connectivity index (χ4v) is 4.50. The molecule has 2 N–H and O–H groups in total. The lowest BCUT2D eigenvalue weighted by atomic mass is 9.91. The molecule has 28 heavy (non-hydrogen) atoms. The number of aromatic amines is 1. The third kappa shape index (κ3) is 3.71. The summed E-state index contributed by atoms with van der Waals surface area (Å²) >= 11 is 12.5. The summed E-state index contributed by atoms with van der Waals surface area (Å²) in [6.45, 7) is 4.04. The summed E-state index contributed by atoms with van der Waals surface area (Å²) in [4.78, 5) is 15.8. The van der Waals surface area contributed by atoms with Crippen LogP contribution in [0.4, 0.5) is 0 Å². The summed E-state index contributed by atoms with van der Waals surface area (Å²) in [5.74, 6) is 0.643. The molecular weight excluding hydrogens is 395 g/mol. The van der Waals surface area contributed by atoms with E-state index in [1.54, 1.807) is 6.07 Å². The lowest BCUT2D eigenvalue weighted by molar-refractivity contribution is -0.123. The van der Waals surface area contributed by atoms with Crippen molar-refractivity contribution in [2.75, 3.05) is 6.61 Å². The minimum Gasteiger partial charge on any atom is -0.483 e. The number of carbonyl (C=O) groups excluding carboxylic acids is 1. The van der Waals surface area contributed by atoms with Gasteiger partial charge in [-0.1, -0.05) is 35.3 Å². The van der Waals surface area contributed by atoms with Crippen LogP contribution in [0.2, 0.25) is 10.0 Å². The van der Waals surface area contributed by atoms with Crippen LogP contribution in [-0.2, 0) is 17.6 Å². The van der Waals surface area contributed by atoms with Crippen LogP contribution in [0.1, 0.15) is 28.8 Å². The Hall–Kier alpha value is -2.17. The van der Waals surface area contributed by atoms with E-state index in [0.29, 0.717) is 10.0 Å². The van der Waals surface area contributed by atoms with Crippen molar-refractivity contribution in [2.24, 2.45) is 0 Å². The molecule has 1 heterocycles. The fraction of sp³-hybridized carbons (Fsp3) is 0.318. The Bertz CT molecular complexity index is 1060. The summed E-state index contributed by atoms with van der Waals surface area (Å²) in [6.07, 6.45) is 2.48. The number of aromatic nitrogens is 1. The molecule has 1 unspecified atom stereocenters. The second-order valence-corrected chi connectivity index (χ2v) is 8.23. The van der Waals surface area contributed by atoms with Crippen molar-refractivity contribution in [1.82, 2.24) is 10.3 Å². The Morgan fingerprint density at radius 1 is 1.29 bits per heavy atom. The number of ether oxygens (including phenoxy) is 1. The maximum Gasteiger partial charge on any atom is 0.258 e. The molecule has 2 aromatic carbocycles. The second kappa shape index (κ2) is 7.69. The zero-order chi connectivity index (χ0) is 19.8. The average molecular weight is 417 g/mol. The summed E-state index contributed by atoms with van der Waals surface area (Å²) in [7, 11) is 0. The lowest BCUT2D eigenvalue weighted by Crippen LogP contribution is -2.41. The smallest absolute Gasteiger partial charge is 0.258 e. The van der Waals surface area contributed by atoms with Crippen LogP contribution in [0.25, 0.3) is 10.9 Å². The normalized spacial score (nSPS) is 16.1. The number of aryl methyl sites for hydroxylation is 2. The Kier molecular flexibility index (Phi) is 5.26. The highest BCUT2D eigenvalue weighted by atomic mass is 35.5. The second-order valence-electron chi connectivity index (χ2n) is 7.39. The van der Waals surface area contributed by atoms with E-state index in [1.807, 2.05) is 38.1 Å². The van der Waals surface area contributed by atoms with E-state index in [9.17, 15) is 4.79 Å². The summed E-state index contributed by atoms with van der Waals surface area (Å²) < 4.78 is 5.72. The number of amides is 1. The minimum absolute atomic E-state index is 0.0118. The molecule has 4 rings (SSSR count). The Morgan fingerprint density at radius 2 is 2.11 bits per heavy atom. The molecular formula is C22H22Cl2N2O2. The van der Waals surface area contributed by atoms with Crippen LogP contribution in [0.15, 0.2) is 30.3 Å². The first-order valence-corrected chi connectivity index (χ1v) is 10.1. The van der Waals surface area contributed by atoms with Crippen LogP contribution in [0.5, 0.6) is 5.75 Å². The third-order valence-electron chi connectivity index (χ3n) is 5.48. The third-order valence-corrected chi connectivity index (χ3v) is 6.00. The molecule has 0 bridgehead atoms. The van der Waals surface area contributed by atoms with Crippen LogP contribution in [-0.4, -0.2) is 23.5 Å². The van der Waals surface area contributed by atoms with Gasteiger partial charge in [-0.25, -0.2) is 0 Å². The van der Waals surface area contributed by atoms with E-state index >= 15 is 0 Å². The molecule has 0 radical (unpaired) electrons. The van der Waals surface area contributed by atoms with E-state index in [2.05, 4.69) is 10.3 Å². The predicted octanol–water partition coefficient (Wildman–Crippen LogP) is 5.14. The van der Waals surface area contributed by atoms with Gasteiger partial charge in [0.2, 0.25) is 0 Å². The molecule has 0 spiro atoms. The Labute approximate surface area is 174 Å². The molecule has 6 heteroatoms. The molecule has 0 saturated carbocycles. The number of hydrogen-bond donors (Lipinski definition) is 2. The maximum absolute atomic E-state index is 12.4. The van der Waals surface area contributed by atoms with Crippen molar-refractivity contribution in [3.05, 3.63) is 62.8 Å². The van der Waals surface area contributed by atoms with Gasteiger partial charge in [-0.05, 0) is 68.0 Å². The number of hydrogen-bond acceptors (Lipinski definition) is 2. The minimum atomic E-state index is -0.108. The Morgan fingerprint density at radius 3 is 2.93 bits per heavy atom. The number of halogens is 2. The van der Waals surface area contributed by atoms with Gasteiger partial charge in [0.1, 0.15) is 5.75 Å². The summed E-state index contributed by atoms with van der Waals surface area (Å²) in [6, 6.07) is 9.58. The molecule has 1 amide bonds. The number of H-pyrrole nitrogens is 1. The van der Waals surface area contributed by atoms with Crippen LogP contribution >= 0.6 is 23.2 Å². The Balaban J connectivity index is 1.43. The zero-order valence-corrected chi connectivity index (χ0v) is 17.4. The first-order valence-electron chi connectivity index (χ1n) is 9.39. The van der Waals surface area contributed by atoms with Gasteiger partial charge in [-0.3, -0.25) is 4.79 Å². The largest absolute Gasteiger partial charge is 0.483 e. The lowest BCUT2D eigenvalue weighted by Gasteiger charge is -2.24. The predicted molar refractivity (Wildman–Crippen MR) is 114 cm³/mol. The summed E-state index contributed by atoms with van der Waals surface area (Å²) in [5, 5.41) is 5.37. The number of benzene rings is 2. The number of fused-ring (bicyclic) bond motifs is 3. The molecule has 1 atom stereocenters. The van der Waals surface area contributed by atoms with Gasteiger partial charge in [-0.15, -0.1) is 0 Å². The summed E-state index contributed by atoms with van der Waals surface area (Å²) in [5.41, 5.74) is 5.51. The molecule has 0 saturated heterocycles. The molecule has 3 aromatic rings. The highest BCUT2D eigenvalue weighted by Gasteiger charge is 2.25. The van der Waals surface area contributed by atoms with Crippen molar-refractivity contribution < 1.29 is 9.53 Å². The monoisotopic (exact) mass is 416 g/mol. The van der Waals surface area contributed by atoms with E-state index < -0.39 is 0 Å². The maximum atomic E-state index is 12.4. The molecule has 1 aliphatic carbocycles. The number of nitrogens with one attached hydrogen (secondary N) is 2. The van der Waals surface area contributed by atoms with Crippen LogP contribution in [0, 0.1) is 13.8 Å². The van der Waals surface area contributed by atoms with Crippen molar-refractivity contribution in [1.29, 1.82) is 0 Å². The fourth-order valence-electron chi connectivity index (χ4n) is 3.89. The molecule has 146 valence electrons. The van der Waals surface area contributed by atoms with Gasteiger partial charge >= 0.3 is 0 Å². The van der Waals surface area contributed by atoms with Gasteiger partial charge in [0.05, 0.1) is 5.02 Å². The highest BCUT2D eigenvalue weighted by molar-refractivity contribution is 6.38. The van der Waals surface area contributed by atoms with Gasteiger partial charge in [0.25, 0.3) is 5.91 Å². The standard InChI is InChI=1S/C22H22Cl2N2O2/c1-12-4-3-5-20(13(12)2)28-11-21(27)25-15-6-7-18-16(10-15)22-17(24)8-14(23)9-19(22)26-18/h3-5,8-9,15,26H,6-7,10-11H2,1-2H3,(H,25,27). The van der Waals surface area contributed by atoms with Crippen LogP contribution in [0.3, 0.4) is 0 Å². The SMILES string of the molecule is Cc1cccc(OCC(=O)NC2CCc3[nH]c4cc(Cl)cc(Cl)c4c3C2)c1C. The zero-order valence-electron chi connectivity index (χ0n) is 15.9. The van der Waals surface area contributed by atoms with Crippen molar-refractivity contribution in [2.45, 2.75) is 39.2 Å². The van der Waals surface area contributed by atoms with E-state index in [0.717, 1.165) is 47.0 Å². The average Bonchev–Trinajstić information content (AvgIpc) is 3.00. The first kappa shape index (κ1) is 19.2. The van der Waals surface area contributed by atoms with Gasteiger partial charge in [-0.2, -0.15) is 0 Å². The van der Waals surface area contributed by atoms with E-state index in [1.165, 1.54) is 11.3 Å². The number of rotatable bonds is 4. The van der Waals surface area contributed by atoms with Gasteiger partial charge < -0.3 is 15.0 Å². The van der Waals surface area contributed by atoms with Gasteiger partial charge in [0, 0.05) is 27.7 Å². The van der Waals surface area contributed by atoms with Gasteiger partial charge in [0.15, 0.2) is 6.61 Å². The van der Waals surface area contributed by atoms with Crippen molar-refractivity contribution in [3.63, 3.8) is 0 Å². The highest BCUT2D eigenvalue weighted by Crippen LogP contribution is 2.35. The molecule has 4 nitrogen and oxygen atoms in total. The molecule has 1 aliphatic rings. The number of carbonyl (C=O) groups is 1. The molecule has 0 aliphatic heterocycles. The van der Waals surface area contributed by atoms with Crippen LogP contribution < -0.4 is 10.1 Å². The van der Waals surface area contributed by atoms with E-state index in [-0.39, 0.29) is 18.6 Å².